The van der Waals surface area contributed by atoms with Crippen molar-refractivity contribution in [2.45, 2.75) is 13.5 Å². The molecule has 0 saturated carbocycles. The standard InChI is InChI=1S/C12H12N2O2/c1-10-11(9-13-7-2-3-8-13)5-4-6-12(10)14(15)16/h2-8H,9H2,1H3. The Bertz CT molecular complexity index is 504. The van der Waals surface area contributed by atoms with Crippen LogP contribution in [0.3, 0.4) is 0 Å². The van der Waals surface area contributed by atoms with E-state index >= 15 is 0 Å². The summed E-state index contributed by atoms with van der Waals surface area (Å²) in [6.07, 6.45) is 3.89. The first kappa shape index (κ1) is 10.4. The second kappa shape index (κ2) is 4.18. The van der Waals surface area contributed by atoms with Gasteiger partial charge < -0.3 is 4.57 Å². The molecule has 0 unspecified atom stereocenters. The highest BCUT2D eigenvalue weighted by Crippen LogP contribution is 2.21. The molecule has 16 heavy (non-hydrogen) atoms. The van der Waals surface area contributed by atoms with Crippen LogP contribution in [0.2, 0.25) is 0 Å². The molecule has 0 aliphatic heterocycles. The zero-order valence-corrected chi connectivity index (χ0v) is 8.96. The van der Waals surface area contributed by atoms with Gasteiger partial charge in [-0.3, -0.25) is 10.1 Å². The van der Waals surface area contributed by atoms with Gasteiger partial charge in [-0.05, 0) is 24.6 Å². The quantitative estimate of drug-likeness (QED) is 0.585. The van der Waals surface area contributed by atoms with Crippen LogP contribution < -0.4 is 0 Å². The van der Waals surface area contributed by atoms with Crippen LogP contribution in [0.5, 0.6) is 0 Å². The lowest BCUT2D eigenvalue weighted by molar-refractivity contribution is -0.385. The lowest BCUT2D eigenvalue weighted by Crippen LogP contribution is -2.01. The van der Waals surface area contributed by atoms with Gasteiger partial charge >= 0.3 is 0 Å². The Morgan fingerprint density at radius 3 is 2.56 bits per heavy atom. The third kappa shape index (κ3) is 1.95. The Hall–Kier alpha value is -2.10. The summed E-state index contributed by atoms with van der Waals surface area (Å²) in [5.41, 5.74) is 1.90. The average molecular weight is 216 g/mol. The maximum absolute atomic E-state index is 10.8. The first-order chi connectivity index (χ1) is 7.68. The van der Waals surface area contributed by atoms with E-state index < -0.39 is 0 Å². The van der Waals surface area contributed by atoms with Crippen LogP contribution in [0.1, 0.15) is 11.1 Å². The number of rotatable bonds is 3. The Morgan fingerprint density at radius 1 is 1.25 bits per heavy atom. The molecule has 82 valence electrons. The van der Waals surface area contributed by atoms with E-state index in [1.807, 2.05) is 35.2 Å². The van der Waals surface area contributed by atoms with Gasteiger partial charge in [-0.25, -0.2) is 0 Å². The summed E-state index contributed by atoms with van der Waals surface area (Å²) in [7, 11) is 0. The summed E-state index contributed by atoms with van der Waals surface area (Å²) in [6.45, 7) is 2.46. The highest BCUT2D eigenvalue weighted by atomic mass is 16.6. The number of nitro groups is 1. The normalized spacial score (nSPS) is 10.3. The number of hydrogen-bond acceptors (Lipinski definition) is 2. The fraction of sp³-hybridized carbons (Fsp3) is 0.167. The molecule has 0 amide bonds. The van der Waals surface area contributed by atoms with Crippen LogP contribution >= 0.6 is 0 Å². The van der Waals surface area contributed by atoms with Gasteiger partial charge in [0, 0.05) is 30.6 Å². The smallest absolute Gasteiger partial charge is 0.272 e. The number of aromatic nitrogens is 1. The van der Waals surface area contributed by atoms with E-state index in [-0.39, 0.29) is 10.6 Å². The Morgan fingerprint density at radius 2 is 1.94 bits per heavy atom. The summed E-state index contributed by atoms with van der Waals surface area (Å²) < 4.78 is 1.99. The average Bonchev–Trinajstić information content (AvgIpc) is 2.73. The second-order valence-corrected chi connectivity index (χ2v) is 3.67. The van der Waals surface area contributed by atoms with E-state index in [1.165, 1.54) is 6.07 Å². The van der Waals surface area contributed by atoms with Crippen molar-refractivity contribution in [2.24, 2.45) is 0 Å². The Kier molecular flexibility index (Phi) is 2.72. The van der Waals surface area contributed by atoms with Crippen molar-refractivity contribution in [1.29, 1.82) is 0 Å². The van der Waals surface area contributed by atoms with Crippen molar-refractivity contribution in [1.82, 2.24) is 4.57 Å². The first-order valence-corrected chi connectivity index (χ1v) is 5.02. The number of hydrogen-bond donors (Lipinski definition) is 0. The van der Waals surface area contributed by atoms with Gasteiger partial charge in [0.15, 0.2) is 0 Å². The molecule has 4 heteroatoms. The predicted octanol–water partition coefficient (Wildman–Crippen LogP) is 2.75. The number of nitrogens with zero attached hydrogens (tertiary/aromatic N) is 2. The van der Waals surface area contributed by atoms with Gasteiger partial charge in [0.1, 0.15) is 0 Å². The zero-order chi connectivity index (χ0) is 11.5. The molecule has 1 heterocycles. The van der Waals surface area contributed by atoms with Gasteiger partial charge in [0.25, 0.3) is 5.69 Å². The van der Waals surface area contributed by atoms with Crippen molar-refractivity contribution in [3.8, 4) is 0 Å². The largest absolute Gasteiger partial charge is 0.350 e. The molecule has 0 fully saturated rings. The first-order valence-electron chi connectivity index (χ1n) is 5.02. The lowest BCUT2D eigenvalue weighted by atomic mass is 10.1. The van der Waals surface area contributed by atoms with E-state index in [1.54, 1.807) is 13.0 Å². The molecule has 1 aromatic carbocycles. The minimum Gasteiger partial charge on any atom is -0.350 e. The Balaban J connectivity index is 2.35. The number of benzene rings is 1. The van der Waals surface area contributed by atoms with E-state index in [9.17, 15) is 10.1 Å². The van der Waals surface area contributed by atoms with E-state index in [0.717, 1.165) is 11.1 Å². The van der Waals surface area contributed by atoms with Crippen molar-refractivity contribution < 1.29 is 4.92 Å². The molecule has 0 bridgehead atoms. The number of nitro benzene ring substituents is 1. The molecule has 0 aliphatic rings. The van der Waals surface area contributed by atoms with Crippen LogP contribution in [-0.4, -0.2) is 9.49 Å². The highest BCUT2D eigenvalue weighted by Gasteiger charge is 2.12. The summed E-state index contributed by atoms with van der Waals surface area (Å²) in [6, 6.07) is 9.06. The van der Waals surface area contributed by atoms with Crippen LogP contribution in [0, 0.1) is 17.0 Å². The van der Waals surface area contributed by atoms with Crippen LogP contribution in [0.4, 0.5) is 5.69 Å². The molecule has 4 nitrogen and oxygen atoms in total. The topological polar surface area (TPSA) is 48.1 Å². The minimum atomic E-state index is -0.339. The third-order valence-corrected chi connectivity index (χ3v) is 2.63. The SMILES string of the molecule is Cc1c(Cn2cccc2)cccc1[N+](=O)[O-]. The fourth-order valence-corrected chi connectivity index (χ4v) is 1.71. The zero-order valence-electron chi connectivity index (χ0n) is 8.96. The summed E-state index contributed by atoms with van der Waals surface area (Å²) >= 11 is 0. The molecule has 0 N–H and O–H groups in total. The molecule has 2 rings (SSSR count). The van der Waals surface area contributed by atoms with Gasteiger partial charge in [0.2, 0.25) is 0 Å². The van der Waals surface area contributed by atoms with Crippen molar-refractivity contribution >= 4 is 5.69 Å². The van der Waals surface area contributed by atoms with Crippen LogP contribution in [0.25, 0.3) is 0 Å². The van der Waals surface area contributed by atoms with E-state index in [2.05, 4.69) is 0 Å². The van der Waals surface area contributed by atoms with Gasteiger partial charge in [-0.2, -0.15) is 0 Å². The summed E-state index contributed by atoms with van der Waals surface area (Å²) in [5.74, 6) is 0. The summed E-state index contributed by atoms with van der Waals surface area (Å²) in [4.78, 5) is 10.4. The van der Waals surface area contributed by atoms with Gasteiger partial charge in [0.05, 0.1) is 4.92 Å². The van der Waals surface area contributed by atoms with Crippen molar-refractivity contribution in [3.05, 3.63) is 64.0 Å². The van der Waals surface area contributed by atoms with Crippen LogP contribution in [0.15, 0.2) is 42.7 Å². The molecule has 0 atom stereocenters. The lowest BCUT2D eigenvalue weighted by Gasteiger charge is -2.07. The molecule has 0 spiro atoms. The monoisotopic (exact) mass is 216 g/mol. The fourth-order valence-electron chi connectivity index (χ4n) is 1.71. The maximum Gasteiger partial charge on any atom is 0.272 e. The summed E-state index contributed by atoms with van der Waals surface area (Å²) in [5, 5.41) is 10.8. The van der Waals surface area contributed by atoms with Gasteiger partial charge in [-0.1, -0.05) is 12.1 Å². The highest BCUT2D eigenvalue weighted by molar-refractivity contribution is 5.44. The maximum atomic E-state index is 10.8. The molecule has 1 aromatic heterocycles. The molecule has 2 aromatic rings. The molecule has 0 radical (unpaired) electrons. The molecule has 0 aliphatic carbocycles. The minimum absolute atomic E-state index is 0.185. The predicted molar refractivity (Wildman–Crippen MR) is 61.4 cm³/mol. The third-order valence-electron chi connectivity index (χ3n) is 2.63. The van der Waals surface area contributed by atoms with Crippen molar-refractivity contribution in [3.63, 3.8) is 0 Å². The van der Waals surface area contributed by atoms with Crippen LogP contribution in [-0.2, 0) is 6.54 Å². The van der Waals surface area contributed by atoms with Crippen molar-refractivity contribution in [2.75, 3.05) is 0 Å². The van der Waals surface area contributed by atoms with E-state index in [4.69, 9.17) is 0 Å². The molecule has 0 saturated heterocycles. The van der Waals surface area contributed by atoms with Gasteiger partial charge in [-0.15, -0.1) is 0 Å². The molecular formula is C12H12N2O2. The Labute approximate surface area is 93.3 Å². The second-order valence-electron chi connectivity index (χ2n) is 3.67. The molecular weight excluding hydrogens is 204 g/mol. The van der Waals surface area contributed by atoms with E-state index in [0.29, 0.717) is 6.54 Å².